The number of carbonyl (C=O) groups is 1. The van der Waals surface area contributed by atoms with Crippen molar-refractivity contribution in [1.82, 2.24) is 15.0 Å². The molecule has 176 valence electrons. The molecule has 0 aliphatic carbocycles. The van der Waals surface area contributed by atoms with E-state index in [-0.39, 0.29) is 39.6 Å². The van der Waals surface area contributed by atoms with Crippen LogP contribution in [0.2, 0.25) is 0 Å². The van der Waals surface area contributed by atoms with E-state index in [2.05, 4.69) is 10.2 Å². The number of benzene rings is 3. The zero-order chi connectivity index (χ0) is 24.7. The van der Waals surface area contributed by atoms with Gasteiger partial charge in [0.05, 0.1) is 4.90 Å². The Bertz CT molecular complexity index is 1490. The Morgan fingerprint density at radius 3 is 2.38 bits per heavy atom. The third kappa shape index (κ3) is 4.38. The first-order chi connectivity index (χ1) is 16.0. The van der Waals surface area contributed by atoms with Gasteiger partial charge in [-0.1, -0.05) is 51.1 Å². The number of aliphatic carboxylic acids is 1. The number of fused-ring (bicyclic) bond motifs is 1. The maximum Gasteiger partial charge on any atom is 0.208 e. The van der Waals surface area contributed by atoms with Gasteiger partial charge in [0.2, 0.25) is 9.84 Å². The molecule has 4 aromatic rings. The number of aromatic hydroxyl groups is 1. The van der Waals surface area contributed by atoms with E-state index in [1.165, 1.54) is 23.0 Å². The van der Waals surface area contributed by atoms with Gasteiger partial charge in [-0.15, -0.1) is 15.0 Å². The molecule has 0 bridgehead atoms. The molecule has 34 heavy (non-hydrogen) atoms. The van der Waals surface area contributed by atoms with Gasteiger partial charge in [0, 0.05) is 11.5 Å². The minimum absolute atomic E-state index is 0.00564. The van der Waals surface area contributed by atoms with Crippen molar-refractivity contribution in [3.63, 3.8) is 0 Å². The molecular formula is C25H24N3O5S-. The largest absolute Gasteiger partial charge is 0.550 e. The van der Waals surface area contributed by atoms with Gasteiger partial charge < -0.3 is 15.0 Å². The number of carboxylic acids is 1. The summed E-state index contributed by atoms with van der Waals surface area (Å²) in [4.78, 5) is 12.3. The van der Waals surface area contributed by atoms with E-state index in [0.29, 0.717) is 16.6 Å². The van der Waals surface area contributed by atoms with Crippen LogP contribution >= 0.6 is 0 Å². The van der Waals surface area contributed by atoms with E-state index in [9.17, 15) is 23.4 Å². The molecule has 1 N–H and O–H groups in total. The Morgan fingerprint density at radius 2 is 1.74 bits per heavy atom. The summed E-state index contributed by atoms with van der Waals surface area (Å²) >= 11 is 0. The molecule has 0 aliphatic heterocycles. The molecule has 0 spiro atoms. The van der Waals surface area contributed by atoms with Crippen molar-refractivity contribution in [2.75, 3.05) is 0 Å². The summed E-state index contributed by atoms with van der Waals surface area (Å²) in [6, 6.07) is 16.1. The van der Waals surface area contributed by atoms with Crippen LogP contribution < -0.4 is 5.11 Å². The van der Waals surface area contributed by atoms with Gasteiger partial charge in [0.1, 0.15) is 27.4 Å². The van der Waals surface area contributed by atoms with Gasteiger partial charge in [0.25, 0.3) is 0 Å². The number of hydrogen-bond donors (Lipinski definition) is 1. The number of rotatable bonds is 6. The Labute approximate surface area is 197 Å². The van der Waals surface area contributed by atoms with Crippen molar-refractivity contribution in [3.05, 3.63) is 71.8 Å². The molecule has 0 saturated heterocycles. The molecule has 8 nitrogen and oxygen atoms in total. The molecular weight excluding hydrogens is 454 g/mol. The summed E-state index contributed by atoms with van der Waals surface area (Å²) in [6.07, 6.45) is 0.0227. The van der Waals surface area contributed by atoms with Crippen molar-refractivity contribution < 1.29 is 23.4 Å². The molecule has 0 amide bonds. The van der Waals surface area contributed by atoms with Gasteiger partial charge in [-0.2, -0.15) is 0 Å². The summed E-state index contributed by atoms with van der Waals surface area (Å²) < 4.78 is 26.5. The SMILES string of the molecule is CC(C)(C)c1cc(CCC(=O)[O-])cc(-n2nc3cccc(S(=O)(=O)c4ccccc4)c3n2)c1O. The van der Waals surface area contributed by atoms with Crippen molar-refractivity contribution in [1.29, 1.82) is 0 Å². The quantitative estimate of drug-likeness (QED) is 0.452. The van der Waals surface area contributed by atoms with Crippen LogP contribution in [0.1, 0.15) is 38.3 Å². The Morgan fingerprint density at radius 1 is 1.03 bits per heavy atom. The zero-order valence-electron chi connectivity index (χ0n) is 19.0. The summed E-state index contributed by atoms with van der Waals surface area (Å²) in [7, 11) is -3.85. The highest BCUT2D eigenvalue weighted by Crippen LogP contribution is 2.37. The van der Waals surface area contributed by atoms with Gasteiger partial charge in [-0.25, -0.2) is 8.42 Å². The topological polar surface area (TPSA) is 125 Å². The van der Waals surface area contributed by atoms with Crippen molar-refractivity contribution >= 4 is 26.8 Å². The highest BCUT2D eigenvalue weighted by molar-refractivity contribution is 7.91. The van der Waals surface area contributed by atoms with Crippen LogP contribution in [-0.2, 0) is 26.5 Å². The molecule has 1 heterocycles. The molecule has 9 heteroatoms. The lowest BCUT2D eigenvalue weighted by Gasteiger charge is -2.23. The second kappa shape index (κ2) is 8.57. The molecule has 0 unspecified atom stereocenters. The summed E-state index contributed by atoms with van der Waals surface area (Å²) in [5, 5.41) is 30.9. The molecule has 1 aromatic heterocycles. The second-order valence-electron chi connectivity index (χ2n) is 9.06. The lowest BCUT2D eigenvalue weighted by molar-refractivity contribution is -0.305. The Balaban J connectivity index is 1.90. The Kier molecular flexibility index (Phi) is 5.91. The summed E-state index contributed by atoms with van der Waals surface area (Å²) in [5.41, 5.74) is 1.55. The van der Waals surface area contributed by atoms with Crippen LogP contribution in [0, 0.1) is 0 Å². The highest BCUT2D eigenvalue weighted by Gasteiger charge is 2.26. The third-order valence-corrected chi connectivity index (χ3v) is 7.31. The lowest BCUT2D eigenvalue weighted by Crippen LogP contribution is -2.22. The fourth-order valence-electron chi connectivity index (χ4n) is 3.75. The van der Waals surface area contributed by atoms with Crippen LogP contribution in [0.15, 0.2) is 70.5 Å². The predicted octanol–water partition coefficient (Wildman–Crippen LogP) is 2.94. The van der Waals surface area contributed by atoms with E-state index in [4.69, 9.17) is 0 Å². The summed E-state index contributed by atoms with van der Waals surface area (Å²) in [6.45, 7) is 5.77. The van der Waals surface area contributed by atoms with E-state index in [0.717, 1.165) is 0 Å². The van der Waals surface area contributed by atoms with Crippen molar-refractivity contribution in [2.45, 2.75) is 48.8 Å². The number of aromatic nitrogens is 3. The van der Waals surface area contributed by atoms with Crippen LogP contribution in [0.25, 0.3) is 16.7 Å². The van der Waals surface area contributed by atoms with E-state index >= 15 is 0 Å². The first-order valence-corrected chi connectivity index (χ1v) is 12.2. The second-order valence-corrected chi connectivity index (χ2v) is 11.0. The third-order valence-electron chi connectivity index (χ3n) is 5.51. The Hall–Kier alpha value is -3.72. The van der Waals surface area contributed by atoms with E-state index in [1.54, 1.807) is 42.5 Å². The van der Waals surface area contributed by atoms with Gasteiger partial charge in [-0.3, -0.25) is 0 Å². The standard InChI is InChI=1S/C25H25N3O5S/c1-25(2,3)18-14-16(12-13-22(29)30)15-20(24(18)31)28-26-19-10-7-11-21(23(19)27-28)34(32,33)17-8-5-4-6-9-17/h4-11,14-15,31H,12-13H2,1-3H3,(H,29,30)/p-1. The monoisotopic (exact) mass is 478 g/mol. The lowest BCUT2D eigenvalue weighted by atomic mass is 9.84. The predicted molar refractivity (Wildman–Crippen MR) is 124 cm³/mol. The average Bonchev–Trinajstić information content (AvgIpc) is 3.22. The van der Waals surface area contributed by atoms with Crippen molar-refractivity contribution in [3.8, 4) is 11.4 Å². The first-order valence-electron chi connectivity index (χ1n) is 10.7. The van der Waals surface area contributed by atoms with Crippen LogP contribution in [0.3, 0.4) is 0 Å². The van der Waals surface area contributed by atoms with Gasteiger partial charge in [0.15, 0.2) is 0 Å². The van der Waals surface area contributed by atoms with E-state index in [1.807, 2.05) is 20.8 Å². The summed E-state index contributed by atoms with van der Waals surface area (Å²) in [5.74, 6) is -1.23. The molecule has 0 fully saturated rings. The fourth-order valence-corrected chi connectivity index (χ4v) is 5.18. The molecule has 0 aliphatic rings. The maximum absolute atomic E-state index is 13.3. The van der Waals surface area contributed by atoms with Gasteiger partial charge >= 0.3 is 0 Å². The number of aryl methyl sites for hydroxylation is 1. The maximum atomic E-state index is 13.3. The smallest absolute Gasteiger partial charge is 0.208 e. The minimum Gasteiger partial charge on any atom is -0.550 e. The number of phenolic OH excluding ortho intramolecular Hbond substituents is 1. The highest BCUT2D eigenvalue weighted by atomic mass is 32.2. The number of carbonyl (C=O) groups excluding carboxylic acids is 1. The molecule has 4 rings (SSSR count). The molecule has 3 aromatic carbocycles. The number of nitrogens with zero attached hydrogens (tertiary/aromatic N) is 3. The number of sulfone groups is 1. The molecule has 0 atom stereocenters. The van der Waals surface area contributed by atoms with Crippen LogP contribution in [0.5, 0.6) is 5.75 Å². The van der Waals surface area contributed by atoms with Crippen LogP contribution in [0.4, 0.5) is 0 Å². The normalized spacial score (nSPS) is 12.2. The average molecular weight is 479 g/mol. The number of phenols is 1. The van der Waals surface area contributed by atoms with Crippen LogP contribution in [-0.4, -0.2) is 34.5 Å². The van der Waals surface area contributed by atoms with E-state index < -0.39 is 21.2 Å². The zero-order valence-corrected chi connectivity index (χ0v) is 19.8. The van der Waals surface area contributed by atoms with Crippen molar-refractivity contribution in [2.24, 2.45) is 0 Å². The minimum atomic E-state index is -3.85. The molecule has 0 radical (unpaired) electrons. The number of hydrogen-bond acceptors (Lipinski definition) is 7. The number of carboxylic acid groups (broad SMARTS) is 1. The van der Waals surface area contributed by atoms with Gasteiger partial charge in [-0.05, 0) is 54.2 Å². The molecule has 0 saturated carbocycles. The fraction of sp³-hybridized carbons (Fsp3) is 0.240. The first kappa shape index (κ1) is 23.4.